The Kier molecular flexibility index (Phi) is 8.44. The zero-order valence-corrected chi connectivity index (χ0v) is 19.7. The number of carboxylic acids is 1. The van der Waals surface area contributed by atoms with Crippen molar-refractivity contribution in [2.75, 3.05) is 23.7 Å². The van der Waals surface area contributed by atoms with Crippen molar-refractivity contribution < 1.29 is 33.5 Å². The van der Waals surface area contributed by atoms with Gasteiger partial charge in [-0.2, -0.15) is 0 Å². The molecule has 0 aliphatic carbocycles. The van der Waals surface area contributed by atoms with Gasteiger partial charge in [0.25, 0.3) is 5.91 Å². The van der Waals surface area contributed by atoms with Gasteiger partial charge in [-0.1, -0.05) is 23.5 Å². The van der Waals surface area contributed by atoms with Crippen molar-refractivity contribution in [2.45, 2.75) is 17.1 Å². The van der Waals surface area contributed by atoms with Crippen molar-refractivity contribution in [3.63, 3.8) is 0 Å². The zero-order valence-electron chi connectivity index (χ0n) is 18.1. The van der Waals surface area contributed by atoms with Gasteiger partial charge in [-0.15, -0.1) is 16.8 Å². The Bertz CT molecular complexity index is 1190. The van der Waals surface area contributed by atoms with E-state index in [1.807, 2.05) is 0 Å². The number of benzene rings is 2. The Morgan fingerprint density at radius 2 is 1.82 bits per heavy atom. The molecule has 0 unspecified atom stereocenters. The van der Waals surface area contributed by atoms with Gasteiger partial charge in [-0.3, -0.25) is 14.4 Å². The molecule has 0 atom stereocenters. The van der Waals surface area contributed by atoms with Gasteiger partial charge in [0, 0.05) is 0 Å². The van der Waals surface area contributed by atoms with Gasteiger partial charge in [0.15, 0.2) is 16.6 Å². The van der Waals surface area contributed by atoms with E-state index in [2.05, 4.69) is 10.3 Å². The number of thioether (sulfide) groups is 1. The third-order valence-corrected chi connectivity index (χ3v) is 6.43. The van der Waals surface area contributed by atoms with E-state index in [9.17, 15) is 18.8 Å². The summed E-state index contributed by atoms with van der Waals surface area (Å²) in [7, 11) is 1.44. The maximum absolute atomic E-state index is 13.4. The summed E-state index contributed by atoms with van der Waals surface area (Å²) in [4.78, 5) is 46.5. The maximum Gasteiger partial charge on any atom is 0.309 e. The van der Waals surface area contributed by atoms with Crippen LogP contribution in [0.25, 0.3) is 0 Å². The first kappa shape index (κ1) is 25.0. The van der Waals surface area contributed by atoms with Crippen LogP contribution in [0, 0.1) is 5.82 Å². The standard InChI is InChI=1S/C22H20FN3O6S2/c1-31-16-5-3-4-6-17(16)32-26(14-9-7-13(23)8-10-14)19(28)12-18(27)25-22-24-15(11-20(29)30)21(33-2)34-22/h3-10H,11-12H2,1-2H3,(H,29,30)(H,24,25,27). The monoisotopic (exact) mass is 505 g/mol. The first-order valence-electron chi connectivity index (χ1n) is 9.75. The molecule has 3 rings (SSSR count). The summed E-state index contributed by atoms with van der Waals surface area (Å²) in [6.45, 7) is 0. The number of carbonyl (C=O) groups excluding carboxylic acids is 2. The summed E-state index contributed by atoms with van der Waals surface area (Å²) in [6.07, 6.45) is 0.866. The van der Waals surface area contributed by atoms with Crippen molar-refractivity contribution in [1.82, 2.24) is 4.98 Å². The largest absolute Gasteiger partial charge is 0.493 e. The van der Waals surface area contributed by atoms with E-state index in [1.54, 1.807) is 30.5 Å². The fourth-order valence-electron chi connectivity index (χ4n) is 2.79. The third kappa shape index (κ3) is 6.45. The highest BCUT2D eigenvalue weighted by Crippen LogP contribution is 2.32. The number of hydroxylamine groups is 1. The number of hydrogen-bond acceptors (Lipinski definition) is 8. The molecule has 0 bridgehead atoms. The van der Waals surface area contributed by atoms with Crippen LogP contribution in [-0.2, 0) is 20.8 Å². The number of thiazole rings is 1. The van der Waals surface area contributed by atoms with E-state index in [1.165, 1.54) is 31.0 Å². The lowest BCUT2D eigenvalue weighted by molar-refractivity contribution is -0.136. The lowest BCUT2D eigenvalue weighted by atomic mass is 10.3. The molecule has 0 saturated heterocycles. The molecular formula is C22H20FN3O6S2. The molecule has 12 heteroatoms. The van der Waals surface area contributed by atoms with E-state index in [0.29, 0.717) is 15.7 Å². The van der Waals surface area contributed by atoms with E-state index >= 15 is 0 Å². The van der Waals surface area contributed by atoms with Crippen molar-refractivity contribution >= 4 is 51.7 Å². The molecule has 0 aliphatic heterocycles. The SMILES string of the molecule is COc1ccccc1ON(C(=O)CC(=O)Nc1nc(CC(=O)O)c(SC)s1)c1ccc(F)cc1. The lowest BCUT2D eigenvalue weighted by Gasteiger charge is -2.23. The maximum atomic E-state index is 13.4. The van der Waals surface area contributed by atoms with Gasteiger partial charge in [-0.25, -0.2) is 9.37 Å². The van der Waals surface area contributed by atoms with Crippen molar-refractivity contribution in [1.29, 1.82) is 0 Å². The molecule has 3 aromatic rings. The summed E-state index contributed by atoms with van der Waals surface area (Å²) in [5.41, 5.74) is 0.534. The summed E-state index contributed by atoms with van der Waals surface area (Å²) in [6, 6.07) is 11.6. The van der Waals surface area contributed by atoms with Crippen LogP contribution in [-0.4, -0.2) is 41.2 Å². The molecule has 0 aliphatic rings. The van der Waals surface area contributed by atoms with E-state index < -0.39 is 30.0 Å². The Morgan fingerprint density at radius 3 is 2.44 bits per heavy atom. The van der Waals surface area contributed by atoms with Crippen LogP contribution in [0.3, 0.4) is 0 Å². The van der Waals surface area contributed by atoms with Gasteiger partial charge >= 0.3 is 5.97 Å². The van der Waals surface area contributed by atoms with Crippen LogP contribution in [0.2, 0.25) is 0 Å². The first-order valence-corrected chi connectivity index (χ1v) is 11.8. The summed E-state index contributed by atoms with van der Waals surface area (Å²) in [5.74, 6) is -2.39. The van der Waals surface area contributed by atoms with Crippen molar-refractivity contribution in [3.8, 4) is 11.5 Å². The highest BCUT2D eigenvalue weighted by Gasteiger charge is 2.24. The number of rotatable bonds is 10. The van der Waals surface area contributed by atoms with Gasteiger partial charge < -0.3 is 20.0 Å². The minimum absolute atomic E-state index is 0.178. The third-order valence-electron chi connectivity index (χ3n) is 4.27. The van der Waals surface area contributed by atoms with Crippen LogP contribution in [0.15, 0.2) is 52.7 Å². The topological polar surface area (TPSA) is 118 Å². The Morgan fingerprint density at radius 1 is 1.15 bits per heavy atom. The highest BCUT2D eigenvalue weighted by atomic mass is 32.2. The average Bonchev–Trinajstić information content (AvgIpc) is 3.18. The normalized spacial score (nSPS) is 10.4. The number of amides is 2. The number of carboxylic acid groups (broad SMARTS) is 1. The second kappa shape index (κ2) is 11.5. The predicted octanol–water partition coefficient (Wildman–Crippen LogP) is 4.00. The van der Waals surface area contributed by atoms with Crippen LogP contribution in [0.4, 0.5) is 15.2 Å². The smallest absolute Gasteiger partial charge is 0.309 e. The van der Waals surface area contributed by atoms with Crippen LogP contribution < -0.4 is 20.0 Å². The molecule has 178 valence electrons. The van der Waals surface area contributed by atoms with E-state index in [4.69, 9.17) is 14.7 Å². The Hall–Kier alpha value is -3.64. The highest BCUT2D eigenvalue weighted by molar-refractivity contribution is 8.00. The minimum atomic E-state index is -1.04. The van der Waals surface area contributed by atoms with Crippen LogP contribution >= 0.6 is 23.1 Å². The molecule has 0 radical (unpaired) electrons. The molecule has 2 N–H and O–H groups in total. The molecule has 0 spiro atoms. The number of aliphatic carboxylic acids is 1. The summed E-state index contributed by atoms with van der Waals surface area (Å²) < 4.78 is 19.3. The van der Waals surface area contributed by atoms with Gasteiger partial charge in [-0.05, 0) is 42.7 Å². The Balaban J connectivity index is 1.78. The number of nitrogens with one attached hydrogen (secondary N) is 1. The molecule has 0 saturated carbocycles. The number of methoxy groups -OCH3 is 1. The number of halogens is 1. The van der Waals surface area contributed by atoms with Gasteiger partial charge in [0.2, 0.25) is 5.91 Å². The quantitative estimate of drug-likeness (QED) is 0.241. The summed E-state index contributed by atoms with van der Waals surface area (Å²) >= 11 is 2.42. The molecule has 34 heavy (non-hydrogen) atoms. The minimum Gasteiger partial charge on any atom is -0.493 e. The zero-order chi connectivity index (χ0) is 24.7. The molecule has 2 aromatic carbocycles. The number of nitrogens with zero attached hydrogens (tertiary/aromatic N) is 2. The molecule has 1 aromatic heterocycles. The van der Waals surface area contributed by atoms with E-state index in [-0.39, 0.29) is 23.0 Å². The van der Waals surface area contributed by atoms with Crippen LogP contribution in [0.1, 0.15) is 12.1 Å². The molecule has 2 amide bonds. The Labute approximate surface area is 202 Å². The second-order valence-electron chi connectivity index (χ2n) is 6.66. The molecular weight excluding hydrogens is 485 g/mol. The van der Waals surface area contributed by atoms with Crippen molar-refractivity contribution in [3.05, 3.63) is 60.0 Å². The predicted molar refractivity (Wildman–Crippen MR) is 126 cm³/mol. The lowest BCUT2D eigenvalue weighted by Crippen LogP contribution is -2.36. The second-order valence-corrected chi connectivity index (χ2v) is 8.73. The molecule has 0 fully saturated rings. The van der Waals surface area contributed by atoms with Crippen molar-refractivity contribution in [2.24, 2.45) is 0 Å². The molecule has 9 nitrogen and oxygen atoms in total. The van der Waals surface area contributed by atoms with Crippen LogP contribution in [0.5, 0.6) is 11.5 Å². The fraction of sp³-hybridized carbons (Fsp3) is 0.182. The van der Waals surface area contributed by atoms with Gasteiger partial charge in [0.1, 0.15) is 12.2 Å². The summed E-state index contributed by atoms with van der Waals surface area (Å²) in [5, 5.41) is 12.6. The number of hydrogen-bond donors (Lipinski definition) is 2. The number of para-hydroxylation sites is 2. The molecule has 1 heterocycles. The fourth-order valence-corrected chi connectivity index (χ4v) is 4.45. The number of anilines is 2. The first-order chi connectivity index (χ1) is 16.3. The number of aromatic nitrogens is 1. The van der Waals surface area contributed by atoms with Gasteiger partial charge in [0.05, 0.1) is 29.1 Å². The average molecular weight is 506 g/mol. The number of carbonyl (C=O) groups is 3. The van der Waals surface area contributed by atoms with E-state index in [0.717, 1.165) is 28.5 Å². The number of ether oxygens (including phenoxy) is 1.